The van der Waals surface area contributed by atoms with Crippen molar-refractivity contribution in [1.29, 1.82) is 0 Å². The molecule has 0 aliphatic carbocycles. The molecule has 2 aromatic heterocycles. The third-order valence-electron chi connectivity index (χ3n) is 3.50. The molecule has 0 unspecified atom stereocenters. The Kier molecular flexibility index (Phi) is 4.50. The van der Waals surface area contributed by atoms with E-state index in [2.05, 4.69) is 20.8 Å². The number of nitrogens with zero attached hydrogens (tertiary/aromatic N) is 2. The molecule has 0 bridgehead atoms. The Morgan fingerprint density at radius 3 is 2.86 bits per heavy atom. The first kappa shape index (κ1) is 15.6. The molecule has 0 radical (unpaired) electrons. The van der Waals surface area contributed by atoms with Crippen molar-refractivity contribution in [1.82, 2.24) is 9.97 Å². The van der Waals surface area contributed by atoms with Gasteiger partial charge in [-0.3, -0.25) is 0 Å². The van der Waals surface area contributed by atoms with Crippen LogP contribution in [-0.4, -0.2) is 27.6 Å². The smallest absolute Gasteiger partial charge is 0.189 e. The van der Waals surface area contributed by atoms with E-state index in [1.165, 1.54) is 15.8 Å². The van der Waals surface area contributed by atoms with Gasteiger partial charge in [-0.1, -0.05) is 18.7 Å². The second kappa shape index (κ2) is 6.07. The van der Waals surface area contributed by atoms with E-state index in [9.17, 15) is 0 Å². The minimum absolute atomic E-state index is 0.0914. The van der Waals surface area contributed by atoms with Crippen molar-refractivity contribution in [3.05, 3.63) is 10.4 Å². The summed E-state index contributed by atoms with van der Waals surface area (Å²) in [7, 11) is 0. The van der Waals surface area contributed by atoms with Gasteiger partial charge in [-0.25, -0.2) is 9.97 Å². The van der Waals surface area contributed by atoms with E-state index < -0.39 is 0 Å². The molecule has 114 valence electrons. The lowest BCUT2D eigenvalue weighted by Gasteiger charge is -2.30. The molecule has 2 aromatic rings. The van der Waals surface area contributed by atoms with Gasteiger partial charge in [0.2, 0.25) is 0 Å². The molecule has 3 nitrogen and oxygen atoms in total. The summed E-state index contributed by atoms with van der Waals surface area (Å²) in [6.07, 6.45) is 4.14. The van der Waals surface area contributed by atoms with Crippen LogP contribution in [0.15, 0.2) is 10.2 Å². The molecule has 0 atom stereocenters. The minimum Gasteiger partial charge on any atom is -0.370 e. The van der Waals surface area contributed by atoms with Gasteiger partial charge in [0.25, 0.3) is 0 Å². The maximum atomic E-state index is 5.95. The van der Waals surface area contributed by atoms with Crippen LogP contribution in [0.5, 0.6) is 0 Å². The molecule has 3 rings (SSSR count). The Bertz CT molecular complexity index is 666. The van der Waals surface area contributed by atoms with E-state index in [0.29, 0.717) is 6.61 Å². The fraction of sp³-hybridized carbons (Fsp3) is 0.600. The second-order valence-corrected chi connectivity index (χ2v) is 8.71. The van der Waals surface area contributed by atoms with Gasteiger partial charge in [0, 0.05) is 16.7 Å². The number of thiophene rings is 1. The molecular weight excluding hydrogens is 320 g/mol. The molecule has 0 aromatic carbocycles. The van der Waals surface area contributed by atoms with Crippen LogP contribution in [0.4, 0.5) is 0 Å². The van der Waals surface area contributed by atoms with Crippen molar-refractivity contribution in [3.63, 3.8) is 0 Å². The van der Waals surface area contributed by atoms with Gasteiger partial charge in [-0.2, -0.15) is 0 Å². The average Bonchev–Trinajstić information content (AvgIpc) is 2.81. The Labute approximate surface area is 138 Å². The minimum atomic E-state index is -0.0914. The molecule has 0 saturated carbocycles. The monoisotopic (exact) mass is 340 g/mol. The number of thioether (sulfide) groups is 2. The van der Waals surface area contributed by atoms with Crippen molar-refractivity contribution >= 4 is 45.1 Å². The van der Waals surface area contributed by atoms with Crippen molar-refractivity contribution in [2.45, 2.75) is 56.0 Å². The van der Waals surface area contributed by atoms with E-state index in [-0.39, 0.29) is 5.60 Å². The van der Waals surface area contributed by atoms with Gasteiger partial charge in [-0.15, -0.1) is 23.1 Å². The highest BCUT2D eigenvalue weighted by Crippen LogP contribution is 2.42. The molecule has 0 amide bonds. The number of hydrogen-bond donors (Lipinski definition) is 0. The Balaban J connectivity index is 2.16. The lowest BCUT2D eigenvalue weighted by atomic mass is 9.95. The third-order valence-corrected chi connectivity index (χ3v) is 6.33. The molecule has 0 fully saturated rings. The molecule has 6 heteroatoms. The zero-order valence-electron chi connectivity index (χ0n) is 12.9. The van der Waals surface area contributed by atoms with Crippen LogP contribution in [0.3, 0.4) is 0 Å². The second-order valence-electron chi connectivity index (χ2n) is 5.77. The fourth-order valence-corrected chi connectivity index (χ4v) is 5.05. The van der Waals surface area contributed by atoms with Crippen LogP contribution in [0, 0.1) is 0 Å². The molecule has 0 N–H and O–H groups in total. The van der Waals surface area contributed by atoms with Gasteiger partial charge in [0.15, 0.2) is 5.16 Å². The predicted octanol–water partition coefficient (Wildman–Crippen LogP) is 4.77. The van der Waals surface area contributed by atoms with Crippen LogP contribution < -0.4 is 0 Å². The summed E-state index contributed by atoms with van der Waals surface area (Å²) in [5.41, 5.74) is 1.32. The first-order valence-electron chi connectivity index (χ1n) is 7.17. The van der Waals surface area contributed by atoms with E-state index in [1.807, 2.05) is 18.0 Å². The van der Waals surface area contributed by atoms with Crippen LogP contribution in [0.1, 0.15) is 37.6 Å². The largest absolute Gasteiger partial charge is 0.370 e. The summed E-state index contributed by atoms with van der Waals surface area (Å²) >= 11 is 5.25. The van der Waals surface area contributed by atoms with E-state index >= 15 is 0 Å². The van der Waals surface area contributed by atoms with Gasteiger partial charge >= 0.3 is 0 Å². The summed E-state index contributed by atoms with van der Waals surface area (Å²) in [6, 6.07) is 0. The number of ether oxygens (including phenoxy) is 1. The van der Waals surface area contributed by atoms with E-state index in [1.54, 1.807) is 23.1 Å². The zero-order chi connectivity index (χ0) is 15.0. The molecule has 0 saturated heterocycles. The number of rotatable bonds is 4. The number of aromatic nitrogens is 2. The predicted molar refractivity (Wildman–Crippen MR) is 92.8 cm³/mol. The van der Waals surface area contributed by atoms with Crippen molar-refractivity contribution < 1.29 is 4.74 Å². The standard InChI is InChI=1S/C15H20N2OS3/c1-5-6-20-12-11-9-7-15(2,3)18-8-10(9)21-13(11)17-14(16-12)19-4/h5-8H2,1-4H3. The first-order chi connectivity index (χ1) is 10.0. The topological polar surface area (TPSA) is 35.0 Å². The molecule has 21 heavy (non-hydrogen) atoms. The molecule has 1 aliphatic rings. The summed E-state index contributed by atoms with van der Waals surface area (Å²) in [6.45, 7) is 7.24. The van der Waals surface area contributed by atoms with Crippen molar-refractivity contribution in [2.75, 3.05) is 12.0 Å². The lowest BCUT2D eigenvalue weighted by molar-refractivity contribution is -0.0379. The summed E-state index contributed by atoms with van der Waals surface area (Å²) in [5, 5.41) is 3.31. The fourth-order valence-electron chi connectivity index (χ4n) is 2.49. The van der Waals surface area contributed by atoms with E-state index in [0.717, 1.165) is 33.6 Å². The highest BCUT2D eigenvalue weighted by atomic mass is 32.2. The van der Waals surface area contributed by atoms with Crippen LogP contribution >= 0.6 is 34.9 Å². The normalized spacial score (nSPS) is 17.1. The SMILES string of the molecule is CCCSc1nc(SC)nc2sc3c(c12)CC(C)(C)OC3. The Morgan fingerprint density at radius 1 is 1.33 bits per heavy atom. The summed E-state index contributed by atoms with van der Waals surface area (Å²) < 4.78 is 5.95. The molecule has 0 spiro atoms. The van der Waals surface area contributed by atoms with E-state index in [4.69, 9.17) is 14.7 Å². The first-order valence-corrected chi connectivity index (χ1v) is 10.2. The Hall–Kier alpha value is -0.300. The maximum Gasteiger partial charge on any atom is 0.189 e. The maximum absolute atomic E-state index is 5.95. The summed E-state index contributed by atoms with van der Waals surface area (Å²) in [4.78, 5) is 11.9. The molecular formula is C15H20N2OS3. The Morgan fingerprint density at radius 2 is 2.14 bits per heavy atom. The number of hydrogen-bond acceptors (Lipinski definition) is 6. The van der Waals surface area contributed by atoms with Gasteiger partial charge < -0.3 is 4.74 Å². The van der Waals surface area contributed by atoms with Crippen LogP contribution in [0.25, 0.3) is 10.2 Å². The highest BCUT2D eigenvalue weighted by Gasteiger charge is 2.30. The van der Waals surface area contributed by atoms with Crippen molar-refractivity contribution in [3.8, 4) is 0 Å². The molecule has 1 aliphatic heterocycles. The van der Waals surface area contributed by atoms with Gasteiger partial charge in [0.1, 0.15) is 9.86 Å². The van der Waals surface area contributed by atoms with Gasteiger partial charge in [0.05, 0.1) is 12.2 Å². The zero-order valence-corrected chi connectivity index (χ0v) is 15.3. The quantitative estimate of drug-likeness (QED) is 0.455. The van der Waals surface area contributed by atoms with Crippen molar-refractivity contribution in [2.24, 2.45) is 0 Å². The third kappa shape index (κ3) is 3.09. The molecule has 3 heterocycles. The highest BCUT2D eigenvalue weighted by molar-refractivity contribution is 7.99. The summed E-state index contributed by atoms with van der Waals surface area (Å²) in [5.74, 6) is 1.10. The lowest BCUT2D eigenvalue weighted by Crippen LogP contribution is -2.31. The average molecular weight is 341 g/mol. The van der Waals surface area contributed by atoms with Crippen LogP contribution in [0.2, 0.25) is 0 Å². The van der Waals surface area contributed by atoms with Crippen LogP contribution in [-0.2, 0) is 17.8 Å². The number of fused-ring (bicyclic) bond motifs is 3. The van der Waals surface area contributed by atoms with Gasteiger partial charge in [-0.05, 0) is 37.8 Å².